The molecule has 118 valence electrons. The Morgan fingerprint density at radius 3 is 2.74 bits per heavy atom. The van der Waals surface area contributed by atoms with Gasteiger partial charge in [-0.2, -0.15) is 5.10 Å². The first kappa shape index (κ1) is 15.4. The van der Waals surface area contributed by atoms with Gasteiger partial charge in [0.05, 0.1) is 22.8 Å². The highest BCUT2D eigenvalue weighted by Gasteiger charge is 2.16. The van der Waals surface area contributed by atoms with Crippen LogP contribution in [0.5, 0.6) is 0 Å². The molecule has 3 heterocycles. The summed E-state index contributed by atoms with van der Waals surface area (Å²) in [6, 6.07) is 1.66. The summed E-state index contributed by atoms with van der Waals surface area (Å²) >= 11 is 1.57. The molecule has 3 aromatic rings. The minimum atomic E-state index is -0.986. The van der Waals surface area contributed by atoms with Gasteiger partial charge in [0.1, 0.15) is 5.01 Å². The van der Waals surface area contributed by atoms with Crippen molar-refractivity contribution in [1.82, 2.24) is 19.7 Å². The van der Waals surface area contributed by atoms with Crippen molar-refractivity contribution in [2.24, 2.45) is 0 Å². The molecule has 0 atom stereocenters. The average Bonchev–Trinajstić information content (AvgIpc) is 3.10. The number of aromatic carboxylic acids is 1. The maximum Gasteiger partial charge on any atom is 0.336 e. The van der Waals surface area contributed by atoms with E-state index in [-0.39, 0.29) is 11.6 Å². The number of thiazole rings is 1. The molecule has 3 rings (SSSR count). The van der Waals surface area contributed by atoms with Crippen molar-refractivity contribution in [2.75, 3.05) is 0 Å². The minimum absolute atomic E-state index is 0.0995. The van der Waals surface area contributed by atoms with Crippen LogP contribution in [-0.4, -0.2) is 30.8 Å². The lowest BCUT2D eigenvalue weighted by Gasteiger charge is -2.07. The number of nitrogens with zero attached hydrogens (tertiary/aromatic N) is 4. The van der Waals surface area contributed by atoms with Gasteiger partial charge in [-0.3, -0.25) is 0 Å². The molecular formula is C16H16N4O2S. The van der Waals surface area contributed by atoms with Crippen LogP contribution in [0.3, 0.4) is 0 Å². The fourth-order valence-electron chi connectivity index (χ4n) is 2.28. The molecule has 0 saturated carbocycles. The predicted octanol–water partition coefficient (Wildman–Crippen LogP) is 3.65. The maximum absolute atomic E-state index is 11.5. The lowest BCUT2D eigenvalue weighted by Crippen LogP contribution is -2.05. The van der Waals surface area contributed by atoms with Crippen LogP contribution < -0.4 is 0 Å². The molecule has 0 fully saturated rings. The Kier molecular flexibility index (Phi) is 3.96. The fraction of sp³-hybridized carbons (Fsp3) is 0.250. The normalized spacial score (nSPS) is 11.8. The third-order valence-electron chi connectivity index (χ3n) is 3.34. The summed E-state index contributed by atoms with van der Waals surface area (Å²) in [5.41, 5.74) is 1.36. The Hall–Kier alpha value is -2.54. The molecule has 1 N–H and O–H groups in total. The number of carbonyl (C=O) groups is 1. The maximum atomic E-state index is 11.5. The van der Waals surface area contributed by atoms with E-state index in [1.54, 1.807) is 40.6 Å². The Balaban J connectivity index is 2.11. The molecular weight excluding hydrogens is 312 g/mol. The summed E-state index contributed by atoms with van der Waals surface area (Å²) in [4.78, 5) is 21.5. The predicted molar refractivity (Wildman–Crippen MR) is 90.7 cm³/mol. The van der Waals surface area contributed by atoms with Crippen molar-refractivity contribution in [1.29, 1.82) is 0 Å². The smallest absolute Gasteiger partial charge is 0.336 e. The highest BCUT2D eigenvalue weighted by atomic mass is 32.1. The molecule has 23 heavy (non-hydrogen) atoms. The molecule has 0 aliphatic carbocycles. The number of aryl methyl sites for hydroxylation is 1. The van der Waals surface area contributed by atoms with Crippen molar-refractivity contribution >= 4 is 40.5 Å². The number of pyridine rings is 1. The van der Waals surface area contributed by atoms with Gasteiger partial charge in [0, 0.05) is 17.1 Å². The first-order valence-electron chi connectivity index (χ1n) is 7.18. The molecule has 0 bridgehead atoms. The summed E-state index contributed by atoms with van der Waals surface area (Å²) < 4.78 is 1.73. The van der Waals surface area contributed by atoms with Gasteiger partial charge >= 0.3 is 5.97 Å². The zero-order valence-electron chi connectivity index (χ0n) is 13.0. The van der Waals surface area contributed by atoms with Crippen molar-refractivity contribution in [3.8, 4) is 0 Å². The van der Waals surface area contributed by atoms with Crippen LogP contribution in [0.4, 0.5) is 0 Å². The standard InChI is InChI=1S/C16H16N4O2S/c1-9(2)20-15-13(8-18-20)12(16(21)22)6-11(19-15)4-5-14-17-7-10(3)23-14/h4-9H,1-3H3,(H,21,22). The molecule has 0 aliphatic rings. The molecule has 0 aromatic carbocycles. The number of aromatic nitrogens is 4. The van der Waals surface area contributed by atoms with Gasteiger partial charge in [-0.15, -0.1) is 11.3 Å². The average molecular weight is 328 g/mol. The molecule has 0 saturated heterocycles. The van der Waals surface area contributed by atoms with Crippen molar-refractivity contribution in [3.05, 3.63) is 39.6 Å². The lowest BCUT2D eigenvalue weighted by atomic mass is 10.1. The number of rotatable bonds is 4. The minimum Gasteiger partial charge on any atom is -0.478 e. The summed E-state index contributed by atoms with van der Waals surface area (Å²) in [5.74, 6) is -0.986. The SMILES string of the molecule is Cc1cnc(C=Cc2cc(C(=O)O)c3cnn(C(C)C)c3n2)s1. The van der Waals surface area contributed by atoms with Crippen LogP contribution in [0.1, 0.15) is 45.8 Å². The Morgan fingerprint density at radius 2 is 2.13 bits per heavy atom. The van der Waals surface area contributed by atoms with Gasteiger partial charge in [0.2, 0.25) is 0 Å². The molecule has 0 radical (unpaired) electrons. The summed E-state index contributed by atoms with van der Waals surface area (Å²) in [5, 5.41) is 15.1. The van der Waals surface area contributed by atoms with Crippen molar-refractivity contribution in [2.45, 2.75) is 26.8 Å². The Labute approximate surface area is 137 Å². The first-order chi connectivity index (χ1) is 11.0. The molecule has 3 aromatic heterocycles. The Bertz CT molecular complexity index is 908. The third kappa shape index (κ3) is 3.00. The molecule has 0 spiro atoms. The number of carboxylic acid groups (broad SMARTS) is 1. The zero-order chi connectivity index (χ0) is 16.6. The van der Waals surface area contributed by atoms with Crippen molar-refractivity contribution < 1.29 is 9.90 Å². The van der Waals surface area contributed by atoms with Gasteiger partial charge in [0.25, 0.3) is 0 Å². The fourth-order valence-corrected chi connectivity index (χ4v) is 2.96. The molecule has 0 amide bonds. The highest BCUT2D eigenvalue weighted by molar-refractivity contribution is 7.12. The number of hydrogen-bond donors (Lipinski definition) is 1. The van der Waals surface area contributed by atoms with E-state index < -0.39 is 5.97 Å². The molecule has 0 aliphatic heterocycles. The van der Waals surface area contributed by atoms with Crippen LogP contribution >= 0.6 is 11.3 Å². The first-order valence-corrected chi connectivity index (χ1v) is 7.99. The van der Waals surface area contributed by atoms with E-state index in [1.807, 2.05) is 26.8 Å². The van der Waals surface area contributed by atoms with Crippen molar-refractivity contribution in [3.63, 3.8) is 0 Å². The molecule has 0 unspecified atom stereocenters. The summed E-state index contributed by atoms with van der Waals surface area (Å²) in [6.07, 6.45) is 6.98. The summed E-state index contributed by atoms with van der Waals surface area (Å²) in [6.45, 7) is 5.95. The second-order valence-electron chi connectivity index (χ2n) is 5.46. The third-order valence-corrected chi connectivity index (χ3v) is 4.22. The van der Waals surface area contributed by atoms with Crippen LogP contribution in [0, 0.1) is 6.92 Å². The van der Waals surface area contributed by atoms with Crippen LogP contribution in [0.25, 0.3) is 23.2 Å². The van der Waals surface area contributed by atoms with E-state index in [9.17, 15) is 9.90 Å². The van der Waals surface area contributed by atoms with E-state index in [1.165, 1.54) is 0 Å². The van der Waals surface area contributed by atoms with Crippen LogP contribution in [0.15, 0.2) is 18.5 Å². The van der Waals surface area contributed by atoms with Gasteiger partial charge in [-0.05, 0) is 39.0 Å². The largest absolute Gasteiger partial charge is 0.478 e. The van der Waals surface area contributed by atoms with E-state index in [4.69, 9.17) is 0 Å². The summed E-state index contributed by atoms with van der Waals surface area (Å²) in [7, 11) is 0. The highest BCUT2D eigenvalue weighted by Crippen LogP contribution is 2.22. The lowest BCUT2D eigenvalue weighted by molar-refractivity contribution is 0.0699. The molecule has 7 heteroatoms. The zero-order valence-corrected chi connectivity index (χ0v) is 13.8. The van der Waals surface area contributed by atoms with E-state index in [0.717, 1.165) is 9.88 Å². The van der Waals surface area contributed by atoms with Gasteiger partial charge in [0.15, 0.2) is 5.65 Å². The van der Waals surface area contributed by atoms with Crippen LogP contribution in [-0.2, 0) is 0 Å². The topological polar surface area (TPSA) is 80.9 Å². The number of hydrogen-bond acceptors (Lipinski definition) is 5. The van der Waals surface area contributed by atoms with Crippen LogP contribution in [0.2, 0.25) is 0 Å². The van der Waals surface area contributed by atoms with E-state index in [0.29, 0.717) is 16.7 Å². The number of carboxylic acids is 1. The van der Waals surface area contributed by atoms with E-state index >= 15 is 0 Å². The monoisotopic (exact) mass is 328 g/mol. The Morgan fingerprint density at radius 1 is 1.35 bits per heavy atom. The van der Waals surface area contributed by atoms with Gasteiger partial charge in [-0.1, -0.05) is 0 Å². The second-order valence-corrected chi connectivity index (χ2v) is 6.73. The van der Waals surface area contributed by atoms with Gasteiger partial charge in [-0.25, -0.2) is 19.4 Å². The van der Waals surface area contributed by atoms with Gasteiger partial charge < -0.3 is 5.11 Å². The number of fused-ring (bicyclic) bond motifs is 1. The quantitative estimate of drug-likeness (QED) is 0.790. The van der Waals surface area contributed by atoms with E-state index in [2.05, 4.69) is 15.1 Å². The second kappa shape index (κ2) is 5.92. The molecule has 6 nitrogen and oxygen atoms in total.